The summed E-state index contributed by atoms with van der Waals surface area (Å²) in [7, 11) is 1.69. The lowest BCUT2D eigenvalue weighted by molar-refractivity contribution is 0.128. The van der Waals surface area contributed by atoms with E-state index >= 15 is 0 Å². The number of ether oxygens (including phenoxy) is 2. The van der Waals surface area contributed by atoms with E-state index in [9.17, 15) is 0 Å². The third-order valence-corrected chi connectivity index (χ3v) is 1.99. The van der Waals surface area contributed by atoms with E-state index in [2.05, 4.69) is 10.3 Å². The van der Waals surface area contributed by atoms with Gasteiger partial charge in [0.15, 0.2) is 0 Å². The van der Waals surface area contributed by atoms with Crippen molar-refractivity contribution in [3.63, 3.8) is 0 Å². The van der Waals surface area contributed by atoms with Crippen molar-refractivity contribution in [3.8, 4) is 5.88 Å². The molecule has 4 heteroatoms. The number of methoxy groups -OCH3 is 1. The number of anilines is 1. The summed E-state index contributed by atoms with van der Waals surface area (Å²) in [5, 5.41) is 3.18. The third-order valence-electron chi connectivity index (χ3n) is 1.99. The number of rotatable bonds is 6. The number of hydrogen-bond donors (Lipinski definition) is 1. The van der Waals surface area contributed by atoms with Crippen molar-refractivity contribution in [2.75, 3.05) is 25.6 Å². The second-order valence-electron chi connectivity index (χ2n) is 3.22. The van der Waals surface area contributed by atoms with Crippen molar-refractivity contribution in [2.45, 2.75) is 20.0 Å². The van der Waals surface area contributed by atoms with E-state index in [1.54, 1.807) is 7.11 Å². The molecule has 0 aliphatic heterocycles. The molecule has 1 unspecified atom stereocenters. The summed E-state index contributed by atoms with van der Waals surface area (Å²) in [6.45, 7) is 5.30. The molecule has 0 radical (unpaired) electrons. The van der Waals surface area contributed by atoms with Crippen LogP contribution in [0.5, 0.6) is 5.88 Å². The molecule has 1 rings (SSSR count). The van der Waals surface area contributed by atoms with Crippen LogP contribution in [0.1, 0.15) is 13.8 Å². The van der Waals surface area contributed by atoms with Crippen molar-refractivity contribution in [3.05, 3.63) is 18.2 Å². The quantitative estimate of drug-likeness (QED) is 0.779. The van der Waals surface area contributed by atoms with Crippen LogP contribution >= 0.6 is 0 Å². The molecule has 1 N–H and O–H groups in total. The highest BCUT2D eigenvalue weighted by Gasteiger charge is 2.01. The highest BCUT2D eigenvalue weighted by molar-refractivity contribution is 5.37. The Kier molecular flexibility index (Phi) is 4.90. The molecule has 84 valence electrons. The van der Waals surface area contributed by atoms with Gasteiger partial charge in [0.25, 0.3) is 0 Å². The predicted octanol–water partition coefficient (Wildman–Crippen LogP) is 1.93. The fourth-order valence-electron chi connectivity index (χ4n) is 1.07. The van der Waals surface area contributed by atoms with Crippen LogP contribution in [0.2, 0.25) is 0 Å². The van der Waals surface area contributed by atoms with Gasteiger partial charge in [-0.15, -0.1) is 0 Å². The molecule has 0 aliphatic rings. The van der Waals surface area contributed by atoms with Crippen LogP contribution in [-0.2, 0) is 4.74 Å². The van der Waals surface area contributed by atoms with Gasteiger partial charge in [0, 0.05) is 19.7 Å². The highest BCUT2D eigenvalue weighted by atomic mass is 16.5. The number of pyridine rings is 1. The fraction of sp³-hybridized carbons (Fsp3) is 0.545. The normalized spacial score (nSPS) is 12.2. The van der Waals surface area contributed by atoms with Gasteiger partial charge in [-0.2, -0.15) is 4.98 Å². The zero-order chi connectivity index (χ0) is 11.1. The Labute approximate surface area is 90.6 Å². The van der Waals surface area contributed by atoms with E-state index in [0.717, 1.165) is 12.4 Å². The Morgan fingerprint density at radius 2 is 2.27 bits per heavy atom. The number of aromatic nitrogens is 1. The SMILES string of the molecule is CCOc1cccc(NCC(C)OC)n1. The van der Waals surface area contributed by atoms with Crippen molar-refractivity contribution in [1.29, 1.82) is 0 Å². The molecule has 0 saturated carbocycles. The molecule has 0 saturated heterocycles. The van der Waals surface area contributed by atoms with Crippen LogP contribution in [0.3, 0.4) is 0 Å². The van der Waals surface area contributed by atoms with Crippen LogP contribution in [0.15, 0.2) is 18.2 Å². The molecule has 0 fully saturated rings. The molecule has 1 atom stereocenters. The highest BCUT2D eigenvalue weighted by Crippen LogP contribution is 2.11. The molecule has 0 amide bonds. The molecule has 1 heterocycles. The molecule has 0 aromatic carbocycles. The molecule has 0 spiro atoms. The van der Waals surface area contributed by atoms with Crippen LogP contribution in [0.4, 0.5) is 5.82 Å². The van der Waals surface area contributed by atoms with Crippen LogP contribution in [0.25, 0.3) is 0 Å². The molecule has 0 aliphatic carbocycles. The lowest BCUT2D eigenvalue weighted by Crippen LogP contribution is -2.18. The van der Waals surface area contributed by atoms with Gasteiger partial charge in [-0.05, 0) is 19.9 Å². The zero-order valence-electron chi connectivity index (χ0n) is 9.49. The number of nitrogens with one attached hydrogen (secondary N) is 1. The maximum atomic E-state index is 5.30. The lowest BCUT2D eigenvalue weighted by atomic mass is 10.4. The molecule has 1 aromatic rings. The Morgan fingerprint density at radius 3 is 2.93 bits per heavy atom. The van der Waals surface area contributed by atoms with E-state index in [1.165, 1.54) is 0 Å². The summed E-state index contributed by atoms with van der Waals surface area (Å²) in [6, 6.07) is 5.66. The molecule has 4 nitrogen and oxygen atoms in total. The Bertz CT molecular complexity index is 292. The first kappa shape index (κ1) is 11.8. The predicted molar refractivity (Wildman–Crippen MR) is 60.4 cm³/mol. The van der Waals surface area contributed by atoms with Gasteiger partial charge in [0.05, 0.1) is 12.7 Å². The van der Waals surface area contributed by atoms with Gasteiger partial charge in [-0.25, -0.2) is 0 Å². The minimum absolute atomic E-state index is 0.169. The van der Waals surface area contributed by atoms with E-state index in [4.69, 9.17) is 9.47 Å². The Morgan fingerprint density at radius 1 is 1.47 bits per heavy atom. The van der Waals surface area contributed by atoms with E-state index in [-0.39, 0.29) is 6.10 Å². The average molecular weight is 210 g/mol. The Hall–Kier alpha value is -1.29. The monoisotopic (exact) mass is 210 g/mol. The Balaban J connectivity index is 2.50. The summed E-state index contributed by atoms with van der Waals surface area (Å²) >= 11 is 0. The van der Waals surface area contributed by atoms with Crippen LogP contribution in [0, 0.1) is 0 Å². The second-order valence-corrected chi connectivity index (χ2v) is 3.22. The first-order chi connectivity index (χ1) is 7.26. The van der Waals surface area contributed by atoms with Crippen molar-refractivity contribution in [2.24, 2.45) is 0 Å². The first-order valence-electron chi connectivity index (χ1n) is 5.12. The van der Waals surface area contributed by atoms with Crippen molar-refractivity contribution >= 4 is 5.82 Å². The second kappa shape index (κ2) is 6.24. The van der Waals surface area contributed by atoms with Crippen LogP contribution < -0.4 is 10.1 Å². The molecule has 0 bridgehead atoms. The first-order valence-corrected chi connectivity index (χ1v) is 5.12. The zero-order valence-corrected chi connectivity index (χ0v) is 9.49. The summed E-state index contributed by atoms with van der Waals surface area (Å²) in [5.41, 5.74) is 0. The number of nitrogens with zero attached hydrogens (tertiary/aromatic N) is 1. The standard InChI is InChI=1S/C11H18N2O2/c1-4-15-11-7-5-6-10(13-11)12-8-9(2)14-3/h5-7,9H,4,8H2,1-3H3,(H,12,13). The molecular weight excluding hydrogens is 192 g/mol. The van der Waals surface area contributed by atoms with Gasteiger partial charge in [0.2, 0.25) is 5.88 Å². The van der Waals surface area contributed by atoms with Gasteiger partial charge >= 0.3 is 0 Å². The fourth-order valence-corrected chi connectivity index (χ4v) is 1.07. The van der Waals surface area contributed by atoms with Crippen molar-refractivity contribution < 1.29 is 9.47 Å². The van der Waals surface area contributed by atoms with E-state index in [1.807, 2.05) is 32.0 Å². The molecular formula is C11H18N2O2. The van der Waals surface area contributed by atoms with Gasteiger partial charge in [-0.1, -0.05) is 6.07 Å². The smallest absolute Gasteiger partial charge is 0.215 e. The average Bonchev–Trinajstić information content (AvgIpc) is 2.27. The van der Waals surface area contributed by atoms with Crippen molar-refractivity contribution in [1.82, 2.24) is 4.98 Å². The van der Waals surface area contributed by atoms with Gasteiger partial charge in [-0.3, -0.25) is 0 Å². The van der Waals surface area contributed by atoms with E-state index < -0.39 is 0 Å². The summed E-state index contributed by atoms with van der Waals surface area (Å²) in [5.74, 6) is 1.46. The van der Waals surface area contributed by atoms with Gasteiger partial charge < -0.3 is 14.8 Å². The minimum atomic E-state index is 0.169. The lowest BCUT2D eigenvalue weighted by Gasteiger charge is -2.11. The minimum Gasteiger partial charge on any atom is -0.478 e. The summed E-state index contributed by atoms with van der Waals surface area (Å²) in [6.07, 6.45) is 0.169. The van der Waals surface area contributed by atoms with Gasteiger partial charge in [0.1, 0.15) is 5.82 Å². The van der Waals surface area contributed by atoms with Crippen LogP contribution in [-0.4, -0.2) is 31.3 Å². The number of hydrogen-bond acceptors (Lipinski definition) is 4. The summed E-state index contributed by atoms with van der Waals surface area (Å²) in [4.78, 5) is 4.28. The maximum Gasteiger partial charge on any atom is 0.215 e. The maximum absolute atomic E-state index is 5.30. The largest absolute Gasteiger partial charge is 0.478 e. The molecule has 15 heavy (non-hydrogen) atoms. The molecule has 1 aromatic heterocycles. The van der Waals surface area contributed by atoms with E-state index in [0.29, 0.717) is 12.5 Å². The topological polar surface area (TPSA) is 43.4 Å². The third kappa shape index (κ3) is 4.16. The summed E-state index contributed by atoms with van der Waals surface area (Å²) < 4.78 is 10.4.